The molecule has 1 aliphatic heterocycles. The number of ether oxygens (including phenoxy) is 1. The lowest BCUT2D eigenvalue weighted by molar-refractivity contribution is -0.118. The third-order valence-electron chi connectivity index (χ3n) is 5.49. The topological polar surface area (TPSA) is 46.6 Å². The van der Waals surface area contributed by atoms with Crippen molar-refractivity contribution in [3.8, 4) is 5.75 Å². The standard InChI is InChI=1S/C23H25NO3/c25-21-14-13-19-18(21)9-5-11-22(19)27-16-6-12-23(26)24-15-4-3-8-17-7-1-2-10-20(17)24/h1-2,5,7,9-11H,3-4,6,8,12-16H2. The van der Waals surface area contributed by atoms with Crippen molar-refractivity contribution in [1.82, 2.24) is 0 Å². The van der Waals surface area contributed by atoms with Gasteiger partial charge in [0.25, 0.3) is 0 Å². The second-order valence-corrected chi connectivity index (χ2v) is 7.29. The highest BCUT2D eigenvalue weighted by Crippen LogP contribution is 2.31. The van der Waals surface area contributed by atoms with E-state index in [0.717, 1.165) is 54.8 Å². The van der Waals surface area contributed by atoms with Gasteiger partial charge in [-0.05, 0) is 49.8 Å². The molecule has 1 aliphatic carbocycles. The number of rotatable bonds is 5. The molecule has 2 aliphatic rings. The van der Waals surface area contributed by atoms with Gasteiger partial charge in [-0.3, -0.25) is 9.59 Å². The van der Waals surface area contributed by atoms with Crippen LogP contribution in [0.1, 0.15) is 53.6 Å². The van der Waals surface area contributed by atoms with Gasteiger partial charge >= 0.3 is 0 Å². The van der Waals surface area contributed by atoms with Gasteiger partial charge in [-0.1, -0.05) is 30.3 Å². The molecule has 2 aromatic rings. The van der Waals surface area contributed by atoms with Gasteiger partial charge in [0, 0.05) is 36.2 Å². The predicted octanol–water partition coefficient (Wildman–Crippen LogP) is 4.34. The van der Waals surface area contributed by atoms with Crippen molar-refractivity contribution in [3.63, 3.8) is 0 Å². The number of carbonyl (C=O) groups is 2. The van der Waals surface area contributed by atoms with Crippen LogP contribution in [0.4, 0.5) is 5.69 Å². The minimum absolute atomic E-state index is 0.168. The smallest absolute Gasteiger partial charge is 0.227 e. The monoisotopic (exact) mass is 363 g/mol. The first-order chi connectivity index (χ1) is 13.2. The summed E-state index contributed by atoms with van der Waals surface area (Å²) in [7, 11) is 0. The summed E-state index contributed by atoms with van der Waals surface area (Å²) in [6.45, 7) is 1.29. The van der Waals surface area contributed by atoms with Gasteiger partial charge in [0.15, 0.2) is 5.78 Å². The Morgan fingerprint density at radius 3 is 2.81 bits per heavy atom. The largest absolute Gasteiger partial charge is 0.493 e. The molecule has 1 heterocycles. The molecular formula is C23H25NO3. The molecule has 4 nitrogen and oxygen atoms in total. The van der Waals surface area contributed by atoms with E-state index in [0.29, 0.717) is 25.9 Å². The Hall–Kier alpha value is -2.62. The fourth-order valence-electron chi connectivity index (χ4n) is 4.08. The van der Waals surface area contributed by atoms with E-state index in [9.17, 15) is 9.59 Å². The zero-order valence-electron chi connectivity index (χ0n) is 15.6. The molecule has 140 valence electrons. The highest BCUT2D eigenvalue weighted by molar-refractivity contribution is 6.01. The minimum atomic E-state index is 0.168. The van der Waals surface area contributed by atoms with Crippen LogP contribution in [-0.2, 0) is 17.6 Å². The van der Waals surface area contributed by atoms with Crippen LogP contribution in [0.2, 0.25) is 0 Å². The number of hydrogen-bond acceptors (Lipinski definition) is 3. The Morgan fingerprint density at radius 1 is 1.00 bits per heavy atom. The number of benzene rings is 2. The van der Waals surface area contributed by atoms with Crippen LogP contribution in [-0.4, -0.2) is 24.8 Å². The third kappa shape index (κ3) is 3.75. The van der Waals surface area contributed by atoms with Crippen molar-refractivity contribution >= 4 is 17.4 Å². The lowest BCUT2D eigenvalue weighted by Gasteiger charge is -2.23. The molecule has 27 heavy (non-hydrogen) atoms. The van der Waals surface area contributed by atoms with Crippen LogP contribution >= 0.6 is 0 Å². The Bertz CT molecular complexity index is 858. The van der Waals surface area contributed by atoms with Gasteiger partial charge in [0.2, 0.25) is 5.91 Å². The number of aryl methyl sites for hydroxylation is 1. The second kappa shape index (κ2) is 7.95. The minimum Gasteiger partial charge on any atom is -0.493 e. The first-order valence-corrected chi connectivity index (χ1v) is 9.90. The van der Waals surface area contributed by atoms with Crippen LogP contribution in [0.3, 0.4) is 0 Å². The van der Waals surface area contributed by atoms with E-state index in [-0.39, 0.29) is 11.7 Å². The molecule has 4 heteroatoms. The summed E-state index contributed by atoms with van der Waals surface area (Å²) in [5, 5.41) is 0. The number of Topliss-reactive ketones (excluding diaryl/α,β-unsaturated/α-hetero) is 1. The molecule has 0 spiro atoms. The predicted molar refractivity (Wildman–Crippen MR) is 106 cm³/mol. The van der Waals surface area contributed by atoms with Crippen molar-refractivity contribution in [1.29, 1.82) is 0 Å². The average molecular weight is 363 g/mol. The van der Waals surface area contributed by atoms with E-state index in [1.807, 2.05) is 35.2 Å². The fraction of sp³-hybridized carbons (Fsp3) is 0.391. The van der Waals surface area contributed by atoms with Crippen molar-refractivity contribution in [2.75, 3.05) is 18.1 Å². The summed E-state index contributed by atoms with van der Waals surface area (Å²) in [4.78, 5) is 26.6. The maximum atomic E-state index is 12.8. The summed E-state index contributed by atoms with van der Waals surface area (Å²) >= 11 is 0. The van der Waals surface area contributed by atoms with E-state index in [4.69, 9.17) is 4.74 Å². The fourth-order valence-corrected chi connectivity index (χ4v) is 4.08. The summed E-state index contributed by atoms with van der Waals surface area (Å²) in [5.41, 5.74) is 4.16. The van der Waals surface area contributed by atoms with Crippen molar-refractivity contribution in [2.45, 2.75) is 44.9 Å². The number of amides is 1. The van der Waals surface area contributed by atoms with E-state index >= 15 is 0 Å². The zero-order valence-corrected chi connectivity index (χ0v) is 15.6. The van der Waals surface area contributed by atoms with Crippen LogP contribution in [0.5, 0.6) is 5.75 Å². The normalized spacial score (nSPS) is 15.9. The lowest BCUT2D eigenvalue weighted by atomic mass is 10.1. The third-order valence-corrected chi connectivity index (χ3v) is 5.49. The van der Waals surface area contributed by atoms with Crippen LogP contribution in [0, 0.1) is 0 Å². The van der Waals surface area contributed by atoms with Crippen molar-refractivity contribution in [2.24, 2.45) is 0 Å². The highest BCUT2D eigenvalue weighted by Gasteiger charge is 2.23. The van der Waals surface area contributed by atoms with E-state index < -0.39 is 0 Å². The van der Waals surface area contributed by atoms with Crippen LogP contribution in [0.25, 0.3) is 0 Å². The number of nitrogens with zero attached hydrogens (tertiary/aromatic N) is 1. The van der Waals surface area contributed by atoms with Gasteiger partial charge in [0.1, 0.15) is 5.75 Å². The van der Waals surface area contributed by atoms with Gasteiger partial charge in [-0.25, -0.2) is 0 Å². The molecule has 0 atom stereocenters. The molecule has 0 unspecified atom stereocenters. The second-order valence-electron chi connectivity index (χ2n) is 7.29. The molecule has 0 saturated carbocycles. The first-order valence-electron chi connectivity index (χ1n) is 9.90. The van der Waals surface area contributed by atoms with Gasteiger partial charge in [-0.15, -0.1) is 0 Å². The summed E-state index contributed by atoms with van der Waals surface area (Å²) < 4.78 is 5.91. The Kier molecular flexibility index (Phi) is 5.23. The molecule has 1 amide bonds. The SMILES string of the molecule is O=C1CCc2c(OCCCC(=O)N3CCCCc4ccccc43)cccc21. The van der Waals surface area contributed by atoms with E-state index in [1.165, 1.54) is 5.56 Å². The molecule has 0 bridgehead atoms. The maximum Gasteiger partial charge on any atom is 0.227 e. The Balaban J connectivity index is 1.34. The quantitative estimate of drug-likeness (QED) is 0.742. The maximum absolute atomic E-state index is 12.8. The zero-order chi connectivity index (χ0) is 18.6. The molecule has 0 radical (unpaired) electrons. The highest BCUT2D eigenvalue weighted by atomic mass is 16.5. The molecule has 0 aromatic heterocycles. The van der Waals surface area contributed by atoms with E-state index in [1.54, 1.807) is 0 Å². The van der Waals surface area contributed by atoms with Gasteiger partial charge in [-0.2, -0.15) is 0 Å². The van der Waals surface area contributed by atoms with Gasteiger partial charge in [0.05, 0.1) is 6.61 Å². The van der Waals surface area contributed by atoms with Crippen LogP contribution in [0.15, 0.2) is 42.5 Å². The molecule has 0 N–H and O–H groups in total. The lowest BCUT2D eigenvalue weighted by Crippen LogP contribution is -2.31. The van der Waals surface area contributed by atoms with Crippen molar-refractivity contribution in [3.05, 3.63) is 59.2 Å². The summed E-state index contributed by atoms with van der Waals surface area (Å²) in [6, 6.07) is 13.9. The van der Waals surface area contributed by atoms with Gasteiger partial charge < -0.3 is 9.64 Å². The molecule has 0 fully saturated rings. The first kappa shape index (κ1) is 17.8. The Morgan fingerprint density at radius 2 is 1.89 bits per heavy atom. The number of fused-ring (bicyclic) bond motifs is 2. The number of ketones is 1. The van der Waals surface area contributed by atoms with E-state index in [2.05, 4.69) is 12.1 Å². The van der Waals surface area contributed by atoms with Crippen LogP contribution < -0.4 is 9.64 Å². The molecule has 2 aromatic carbocycles. The molecule has 0 saturated heterocycles. The summed E-state index contributed by atoms with van der Waals surface area (Å²) in [5.74, 6) is 1.16. The number of hydrogen-bond donors (Lipinski definition) is 0. The average Bonchev–Trinajstić information content (AvgIpc) is 2.94. The Labute approximate surface area is 160 Å². The molecular weight excluding hydrogens is 338 g/mol. The number of carbonyl (C=O) groups excluding carboxylic acids is 2. The summed E-state index contributed by atoms with van der Waals surface area (Å²) in [6.07, 6.45) is 5.69. The number of para-hydroxylation sites is 1. The molecule has 4 rings (SSSR count). The number of anilines is 1. The van der Waals surface area contributed by atoms with Crippen molar-refractivity contribution < 1.29 is 14.3 Å².